The molecule has 1 aliphatic rings. The lowest BCUT2D eigenvalue weighted by atomic mass is 9.86. The maximum Gasteiger partial charge on any atom is 0.328 e. The van der Waals surface area contributed by atoms with Gasteiger partial charge in [0.15, 0.2) is 5.60 Å². The van der Waals surface area contributed by atoms with Gasteiger partial charge in [0.25, 0.3) is 5.91 Å². The van der Waals surface area contributed by atoms with E-state index in [9.17, 15) is 14.7 Å². The molecule has 0 bridgehead atoms. The maximum atomic E-state index is 12.8. The highest BCUT2D eigenvalue weighted by Gasteiger charge is 2.44. The molecule has 3 aromatic carbocycles. The van der Waals surface area contributed by atoms with E-state index in [1.807, 2.05) is 0 Å². The second-order valence-corrected chi connectivity index (χ2v) is 9.33. The van der Waals surface area contributed by atoms with Gasteiger partial charge >= 0.3 is 5.97 Å². The van der Waals surface area contributed by atoms with Gasteiger partial charge in [-0.1, -0.05) is 47.5 Å². The van der Waals surface area contributed by atoms with Crippen LogP contribution in [0.3, 0.4) is 0 Å². The Kier molecular flexibility index (Phi) is 8.65. The molecule has 4 rings (SSSR count). The van der Waals surface area contributed by atoms with Crippen molar-refractivity contribution in [2.24, 2.45) is 10.1 Å². The molecule has 0 aromatic heterocycles. The van der Waals surface area contributed by atoms with Gasteiger partial charge in [0.1, 0.15) is 18.1 Å². The van der Waals surface area contributed by atoms with Crippen LogP contribution in [0.25, 0.3) is 0 Å². The molecule has 200 valence electrons. The zero-order valence-corrected chi connectivity index (χ0v) is 22.2. The molecule has 0 radical (unpaired) electrons. The van der Waals surface area contributed by atoms with Crippen molar-refractivity contribution >= 4 is 46.7 Å². The van der Waals surface area contributed by atoms with Crippen molar-refractivity contribution in [3.05, 3.63) is 112 Å². The van der Waals surface area contributed by atoms with E-state index in [-0.39, 0.29) is 19.1 Å². The molecule has 0 fully saturated rings. The van der Waals surface area contributed by atoms with Crippen LogP contribution in [-0.2, 0) is 10.4 Å². The van der Waals surface area contributed by atoms with Crippen molar-refractivity contribution in [2.45, 2.75) is 5.60 Å². The summed E-state index contributed by atoms with van der Waals surface area (Å²) >= 11 is 12.0. The number of carboxylic acids is 1. The second kappa shape index (κ2) is 12.1. The predicted octanol–water partition coefficient (Wildman–Crippen LogP) is 4.34. The lowest BCUT2D eigenvalue weighted by Crippen LogP contribution is -2.45. The van der Waals surface area contributed by atoms with Crippen LogP contribution in [0.5, 0.6) is 5.75 Å². The Balaban J connectivity index is 1.61. The zero-order valence-electron chi connectivity index (χ0n) is 20.7. The molecule has 1 heterocycles. The topological polar surface area (TPSA) is 124 Å². The third kappa shape index (κ3) is 6.64. The van der Waals surface area contributed by atoms with E-state index in [2.05, 4.69) is 15.4 Å². The minimum Gasteiger partial charge on any atom is -0.490 e. The van der Waals surface area contributed by atoms with Crippen LogP contribution in [0.15, 0.2) is 95.0 Å². The number of hydrogen-bond donors (Lipinski definition) is 3. The first-order valence-electron chi connectivity index (χ1n) is 11.7. The Labute approximate surface area is 234 Å². The minimum absolute atomic E-state index is 0.0416. The number of nitrogens with one attached hydrogen (secondary N) is 1. The van der Waals surface area contributed by atoms with Gasteiger partial charge in [0, 0.05) is 34.3 Å². The maximum absolute atomic E-state index is 12.8. The van der Waals surface area contributed by atoms with Gasteiger partial charge in [-0.2, -0.15) is 5.10 Å². The minimum atomic E-state index is -1.59. The highest BCUT2D eigenvalue weighted by atomic mass is 35.5. The third-order valence-corrected chi connectivity index (χ3v) is 6.34. The molecule has 0 aliphatic carbocycles. The van der Waals surface area contributed by atoms with E-state index >= 15 is 0 Å². The number of benzene rings is 3. The summed E-state index contributed by atoms with van der Waals surface area (Å²) in [6.45, 7) is 0.0326. The summed E-state index contributed by atoms with van der Waals surface area (Å²) in [6, 6.07) is 20.0. The predicted molar refractivity (Wildman–Crippen MR) is 150 cm³/mol. The molecule has 39 heavy (non-hydrogen) atoms. The Morgan fingerprint density at radius 3 is 2.26 bits per heavy atom. The zero-order chi connectivity index (χ0) is 28.0. The highest BCUT2D eigenvalue weighted by molar-refractivity contribution is 6.31. The summed E-state index contributed by atoms with van der Waals surface area (Å²) in [5.41, 5.74) is 0.274. The van der Waals surface area contributed by atoms with Crippen molar-refractivity contribution in [1.29, 1.82) is 0 Å². The average Bonchev–Trinajstić information content (AvgIpc) is 3.28. The Morgan fingerprint density at radius 1 is 1.05 bits per heavy atom. The molecule has 1 amide bonds. The number of β-amino-alcohol motifs (C(OH)–C–C–N with tert-alkyl or cyclic N) is 1. The number of aliphatic hydroxyl groups is 1. The van der Waals surface area contributed by atoms with Gasteiger partial charge in [-0.3, -0.25) is 15.1 Å². The van der Waals surface area contributed by atoms with Crippen LogP contribution in [0, 0.1) is 0 Å². The number of aliphatic imine (C=N–C) groups is 1. The van der Waals surface area contributed by atoms with Crippen molar-refractivity contribution in [3.8, 4) is 5.75 Å². The normalized spacial score (nSPS) is 17.3. The fourth-order valence-corrected chi connectivity index (χ4v) is 4.17. The van der Waals surface area contributed by atoms with Gasteiger partial charge in [-0.15, -0.1) is 0 Å². The number of hydrogen-bond acceptors (Lipinski definition) is 6. The quantitative estimate of drug-likeness (QED) is 0.222. The van der Waals surface area contributed by atoms with E-state index < -0.39 is 17.5 Å². The van der Waals surface area contributed by atoms with Gasteiger partial charge in [0.05, 0.1) is 6.54 Å². The smallest absolute Gasteiger partial charge is 0.328 e. The van der Waals surface area contributed by atoms with Crippen LogP contribution in [-0.4, -0.2) is 59.0 Å². The standard InChI is InChI=1S/C28H24Cl2N4O5/c1-31-27(32-26(37)19-6-12-22(30)13-7-19)34-17-28(38,25(33-34)18-4-10-21(29)11-5-18)20-8-14-23(15-9-20)39-16-2-3-24(35)36/h2-15,38H,16-17H2,1H3,(H,35,36)(H,31,32,37)/b3-2+. The van der Waals surface area contributed by atoms with Crippen molar-refractivity contribution in [3.63, 3.8) is 0 Å². The van der Waals surface area contributed by atoms with Crippen LogP contribution in [0.4, 0.5) is 0 Å². The number of guanidine groups is 1. The summed E-state index contributed by atoms with van der Waals surface area (Å²) in [6.07, 6.45) is 2.38. The SMILES string of the molecule is CN=C(NC(=O)c1ccc(Cl)cc1)N1CC(O)(c2ccc(OC/C=C/C(=O)O)cc2)C(c2ccc(Cl)cc2)=N1. The van der Waals surface area contributed by atoms with E-state index in [1.165, 1.54) is 18.1 Å². The van der Waals surface area contributed by atoms with Crippen LogP contribution < -0.4 is 10.1 Å². The third-order valence-electron chi connectivity index (χ3n) is 5.84. The average molecular weight is 567 g/mol. The number of halogens is 2. The summed E-state index contributed by atoms with van der Waals surface area (Å²) in [5, 5.41) is 30.6. The summed E-state index contributed by atoms with van der Waals surface area (Å²) < 4.78 is 5.54. The molecule has 0 spiro atoms. The molecule has 0 saturated heterocycles. The van der Waals surface area contributed by atoms with Gasteiger partial charge in [0.2, 0.25) is 5.96 Å². The molecule has 1 aliphatic heterocycles. The van der Waals surface area contributed by atoms with E-state index in [0.29, 0.717) is 38.2 Å². The summed E-state index contributed by atoms with van der Waals surface area (Å²) in [4.78, 5) is 27.7. The van der Waals surface area contributed by atoms with Crippen molar-refractivity contribution in [1.82, 2.24) is 10.3 Å². The molecule has 9 nitrogen and oxygen atoms in total. The van der Waals surface area contributed by atoms with Crippen molar-refractivity contribution < 1.29 is 24.5 Å². The van der Waals surface area contributed by atoms with Crippen molar-refractivity contribution in [2.75, 3.05) is 20.2 Å². The first-order chi connectivity index (χ1) is 18.7. The van der Waals surface area contributed by atoms with Crippen LogP contribution in [0.1, 0.15) is 21.5 Å². The fraction of sp³-hybridized carbons (Fsp3) is 0.143. The number of carboxylic acid groups (broad SMARTS) is 1. The molecule has 3 aromatic rings. The summed E-state index contributed by atoms with van der Waals surface area (Å²) in [5.74, 6) is -0.842. The number of nitrogens with zero attached hydrogens (tertiary/aromatic N) is 3. The first kappa shape index (κ1) is 27.8. The van der Waals surface area contributed by atoms with Crippen LogP contribution >= 0.6 is 23.2 Å². The lowest BCUT2D eigenvalue weighted by molar-refractivity contribution is -0.131. The number of carbonyl (C=O) groups is 2. The van der Waals surface area contributed by atoms with E-state index in [1.54, 1.807) is 72.8 Å². The molecule has 1 atom stereocenters. The Bertz CT molecular complexity index is 1440. The fourth-order valence-electron chi connectivity index (χ4n) is 3.92. The molecule has 11 heteroatoms. The molecule has 3 N–H and O–H groups in total. The number of ether oxygens (including phenoxy) is 1. The lowest BCUT2D eigenvalue weighted by Gasteiger charge is -2.26. The number of amides is 1. The van der Waals surface area contributed by atoms with Gasteiger partial charge < -0.3 is 14.9 Å². The Hall–Kier alpha value is -4.18. The summed E-state index contributed by atoms with van der Waals surface area (Å²) in [7, 11) is 1.51. The number of aliphatic carboxylic acids is 1. The molecular weight excluding hydrogens is 543 g/mol. The second-order valence-electron chi connectivity index (χ2n) is 8.46. The molecule has 0 saturated carbocycles. The number of hydrazone groups is 1. The van der Waals surface area contributed by atoms with E-state index in [0.717, 1.165) is 6.08 Å². The van der Waals surface area contributed by atoms with Gasteiger partial charge in [-0.05, 0) is 60.2 Å². The number of carbonyl (C=O) groups excluding carboxylic acids is 1. The van der Waals surface area contributed by atoms with Gasteiger partial charge in [-0.25, -0.2) is 9.80 Å². The molecular formula is C28H24Cl2N4O5. The monoisotopic (exact) mass is 566 g/mol. The largest absolute Gasteiger partial charge is 0.490 e. The van der Waals surface area contributed by atoms with E-state index in [4.69, 9.17) is 33.0 Å². The first-order valence-corrected chi connectivity index (χ1v) is 12.5. The Morgan fingerprint density at radius 2 is 1.67 bits per heavy atom. The molecule has 1 unspecified atom stereocenters. The van der Waals surface area contributed by atoms with Crippen LogP contribution in [0.2, 0.25) is 10.0 Å². The number of rotatable bonds is 7. The highest BCUT2D eigenvalue weighted by Crippen LogP contribution is 2.34.